The van der Waals surface area contributed by atoms with Crippen LogP contribution >= 0.6 is 15.9 Å². The van der Waals surface area contributed by atoms with Crippen LogP contribution in [-0.2, 0) is 11.3 Å². The van der Waals surface area contributed by atoms with Gasteiger partial charge in [0, 0.05) is 4.47 Å². The van der Waals surface area contributed by atoms with Crippen molar-refractivity contribution in [3.8, 4) is 0 Å². The fraction of sp³-hybridized carbons (Fsp3) is 0.250. The smallest absolute Gasteiger partial charge is 0.261 e. The van der Waals surface area contributed by atoms with Crippen molar-refractivity contribution in [1.82, 2.24) is 14.9 Å². The summed E-state index contributed by atoms with van der Waals surface area (Å²) in [5.41, 5.74) is 2.62. The highest BCUT2D eigenvalue weighted by atomic mass is 79.9. The molecule has 134 valence electrons. The molecule has 6 heteroatoms. The average Bonchev–Trinajstić information content (AvgIpc) is 2.63. The van der Waals surface area contributed by atoms with Gasteiger partial charge in [0.2, 0.25) is 5.91 Å². The summed E-state index contributed by atoms with van der Waals surface area (Å²) in [6, 6.07) is 13.3. The number of aryl methyl sites for hydroxylation is 1. The SMILES string of the molecule is CC[C@@H](NC(=O)Cn1cnc2ccc(Br)cc2c1=O)c1ccc(C)cc1. The van der Waals surface area contributed by atoms with E-state index in [2.05, 4.69) is 26.2 Å². The fourth-order valence-corrected chi connectivity index (χ4v) is 3.22. The summed E-state index contributed by atoms with van der Waals surface area (Å²) in [6.45, 7) is 3.99. The molecule has 0 bridgehead atoms. The third kappa shape index (κ3) is 4.02. The molecule has 0 aliphatic carbocycles. The number of benzene rings is 2. The molecule has 1 heterocycles. The Bertz CT molecular complexity index is 996. The quantitative estimate of drug-likeness (QED) is 0.692. The van der Waals surface area contributed by atoms with Crippen LogP contribution in [0.15, 0.2) is 58.1 Å². The molecular weight excluding hydrogens is 394 g/mol. The van der Waals surface area contributed by atoms with E-state index >= 15 is 0 Å². The van der Waals surface area contributed by atoms with E-state index in [1.807, 2.05) is 44.2 Å². The lowest BCUT2D eigenvalue weighted by Crippen LogP contribution is -2.34. The van der Waals surface area contributed by atoms with E-state index in [1.165, 1.54) is 16.5 Å². The van der Waals surface area contributed by atoms with Crippen LogP contribution in [0.4, 0.5) is 0 Å². The van der Waals surface area contributed by atoms with Crippen molar-refractivity contribution in [2.45, 2.75) is 32.9 Å². The van der Waals surface area contributed by atoms with Crippen LogP contribution in [0.1, 0.15) is 30.5 Å². The molecule has 0 spiro atoms. The highest BCUT2D eigenvalue weighted by molar-refractivity contribution is 9.10. The predicted octanol–water partition coefficient (Wildman–Crippen LogP) is 3.73. The summed E-state index contributed by atoms with van der Waals surface area (Å²) in [5.74, 6) is -0.212. The molecule has 1 amide bonds. The van der Waals surface area contributed by atoms with Crippen LogP contribution in [0.3, 0.4) is 0 Å². The normalized spacial score (nSPS) is 12.1. The number of carbonyl (C=O) groups is 1. The Balaban J connectivity index is 1.79. The van der Waals surface area contributed by atoms with E-state index in [1.54, 1.807) is 12.1 Å². The summed E-state index contributed by atoms with van der Waals surface area (Å²) in [5, 5.41) is 3.49. The molecule has 1 N–H and O–H groups in total. The van der Waals surface area contributed by atoms with Crippen LogP contribution in [0.25, 0.3) is 10.9 Å². The number of aromatic nitrogens is 2. The van der Waals surface area contributed by atoms with Gasteiger partial charge in [-0.3, -0.25) is 14.2 Å². The largest absolute Gasteiger partial charge is 0.348 e. The summed E-state index contributed by atoms with van der Waals surface area (Å²) >= 11 is 3.36. The second-order valence-corrected chi connectivity index (χ2v) is 7.19. The Morgan fingerprint density at radius 1 is 1.23 bits per heavy atom. The minimum absolute atomic E-state index is 0.0589. The number of halogens is 1. The van der Waals surface area contributed by atoms with E-state index in [-0.39, 0.29) is 24.1 Å². The van der Waals surface area contributed by atoms with E-state index in [9.17, 15) is 9.59 Å². The van der Waals surface area contributed by atoms with Gasteiger partial charge in [0.05, 0.1) is 23.3 Å². The highest BCUT2D eigenvalue weighted by Crippen LogP contribution is 2.17. The second kappa shape index (κ2) is 7.83. The van der Waals surface area contributed by atoms with Crippen molar-refractivity contribution in [1.29, 1.82) is 0 Å². The molecule has 0 aliphatic heterocycles. The predicted molar refractivity (Wildman–Crippen MR) is 106 cm³/mol. The Labute approximate surface area is 160 Å². The number of amides is 1. The number of hydrogen-bond donors (Lipinski definition) is 1. The number of nitrogens with one attached hydrogen (secondary N) is 1. The lowest BCUT2D eigenvalue weighted by molar-refractivity contribution is -0.122. The number of hydrogen-bond acceptors (Lipinski definition) is 3. The van der Waals surface area contributed by atoms with E-state index in [4.69, 9.17) is 0 Å². The van der Waals surface area contributed by atoms with Gasteiger partial charge in [-0.1, -0.05) is 52.7 Å². The van der Waals surface area contributed by atoms with Crippen LogP contribution in [0, 0.1) is 6.92 Å². The van der Waals surface area contributed by atoms with Gasteiger partial charge >= 0.3 is 0 Å². The number of nitrogens with zero attached hydrogens (tertiary/aromatic N) is 2. The first kappa shape index (κ1) is 18.3. The summed E-state index contributed by atoms with van der Waals surface area (Å²) in [4.78, 5) is 29.3. The topological polar surface area (TPSA) is 64.0 Å². The minimum atomic E-state index is -0.227. The van der Waals surface area contributed by atoms with Gasteiger partial charge < -0.3 is 5.32 Å². The first-order valence-corrected chi connectivity index (χ1v) is 9.28. The van der Waals surface area contributed by atoms with Gasteiger partial charge in [-0.15, -0.1) is 0 Å². The maximum atomic E-state index is 12.6. The average molecular weight is 414 g/mol. The third-order valence-electron chi connectivity index (χ3n) is 4.32. The molecule has 1 aromatic heterocycles. The maximum absolute atomic E-state index is 12.6. The van der Waals surface area contributed by atoms with Gasteiger partial charge in [0.25, 0.3) is 5.56 Å². The van der Waals surface area contributed by atoms with Gasteiger partial charge in [0.15, 0.2) is 0 Å². The highest BCUT2D eigenvalue weighted by Gasteiger charge is 2.14. The standard InChI is InChI=1S/C20H20BrN3O2/c1-3-17(14-6-4-13(2)5-7-14)23-19(25)11-24-12-22-18-9-8-15(21)10-16(18)20(24)26/h4-10,12,17H,3,11H2,1-2H3,(H,23,25)/t17-/m1/s1. The van der Waals surface area contributed by atoms with Crippen molar-refractivity contribution in [2.24, 2.45) is 0 Å². The van der Waals surface area contributed by atoms with Gasteiger partial charge in [0.1, 0.15) is 6.54 Å². The van der Waals surface area contributed by atoms with Crippen molar-refractivity contribution in [2.75, 3.05) is 0 Å². The molecule has 0 saturated heterocycles. The number of fused-ring (bicyclic) bond motifs is 1. The molecule has 5 nitrogen and oxygen atoms in total. The van der Waals surface area contributed by atoms with Crippen molar-refractivity contribution >= 4 is 32.7 Å². The van der Waals surface area contributed by atoms with Gasteiger partial charge in [-0.05, 0) is 37.1 Å². The van der Waals surface area contributed by atoms with Crippen molar-refractivity contribution in [3.63, 3.8) is 0 Å². The summed E-state index contributed by atoms with van der Waals surface area (Å²) in [7, 11) is 0. The zero-order valence-electron chi connectivity index (χ0n) is 14.7. The van der Waals surface area contributed by atoms with E-state index < -0.39 is 0 Å². The molecule has 2 aromatic carbocycles. The van der Waals surface area contributed by atoms with Crippen LogP contribution in [0.5, 0.6) is 0 Å². The Hall–Kier alpha value is -2.47. The second-order valence-electron chi connectivity index (χ2n) is 6.28. The molecular formula is C20H20BrN3O2. The van der Waals surface area contributed by atoms with E-state index in [0.717, 1.165) is 16.5 Å². The lowest BCUT2D eigenvalue weighted by Gasteiger charge is -2.18. The molecule has 0 radical (unpaired) electrons. The Kier molecular flexibility index (Phi) is 5.52. The first-order valence-electron chi connectivity index (χ1n) is 8.48. The maximum Gasteiger partial charge on any atom is 0.261 e. The molecule has 0 unspecified atom stereocenters. The molecule has 3 rings (SSSR count). The van der Waals surface area contributed by atoms with Crippen LogP contribution < -0.4 is 10.9 Å². The molecule has 0 saturated carbocycles. The van der Waals surface area contributed by atoms with Gasteiger partial charge in [-0.2, -0.15) is 0 Å². The van der Waals surface area contributed by atoms with E-state index in [0.29, 0.717) is 10.9 Å². The fourth-order valence-electron chi connectivity index (χ4n) is 2.86. The van der Waals surface area contributed by atoms with Gasteiger partial charge in [-0.25, -0.2) is 4.98 Å². The Morgan fingerprint density at radius 3 is 2.65 bits per heavy atom. The third-order valence-corrected chi connectivity index (χ3v) is 4.82. The molecule has 3 aromatic rings. The number of rotatable bonds is 5. The monoisotopic (exact) mass is 413 g/mol. The van der Waals surface area contributed by atoms with Crippen molar-refractivity contribution in [3.05, 3.63) is 74.7 Å². The first-order chi connectivity index (χ1) is 12.5. The minimum Gasteiger partial charge on any atom is -0.348 e. The summed E-state index contributed by atoms with van der Waals surface area (Å²) < 4.78 is 2.14. The lowest BCUT2D eigenvalue weighted by atomic mass is 10.0. The van der Waals surface area contributed by atoms with Crippen molar-refractivity contribution < 1.29 is 4.79 Å². The molecule has 0 aliphatic rings. The molecule has 1 atom stereocenters. The zero-order valence-corrected chi connectivity index (χ0v) is 16.3. The Morgan fingerprint density at radius 2 is 1.96 bits per heavy atom. The van der Waals surface area contributed by atoms with Crippen LogP contribution in [-0.4, -0.2) is 15.5 Å². The molecule has 26 heavy (non-hydrogen) atoms. The summed E-state index contributed by atoms with van der Waals surface area (Å²) in [6.07, 6.45) is 2.19. The zero-order chi connectivity index (χ0) is 18.7. The van der Waals surface area contributed by atoms with Crippen LogP contribution in [0.2, 0.25) is 0 Å². The number of carbonyl (C=O) groups excluding carboxylic acids is 1. The molecule has 0 fully saturated rings.